The molecule has 1 aliphatic rings. The predicted molar refractivity (Wildman–Crippen MR) is 46.3 cm³/mol. The van der Waals surface area contributed by atoms with Crippen LogP contribution in [0.4, 0.5) is 0 Å². The Morgan fingerprint density at radius 3 is 2.60 bits per heavy atom. The zero-order chi connectivity index (χ0) is 7.40. The van der Waals surface area contributed by atoms with Crippen LogP contribution in [0, 0.1) is 0 Å². The summed E-state index contributed by atoms with van der Waals surface area (Å²) in [6.07, 6.45) is 9.63. The van der Waals surface area contributed by atoms with E-state index >= 15 is 0 Å². The van der Waals surface area contributed by atoms with Gasteiger partial charge in [0.1, 0.15) is 5.76 Å². The van der Waals surface area contributed by atoms with E-state index in [1.54, 1.807) is 11.8 Å². The second-order valence-electron chi connectivity index (χ2n) is 2.05. The lowest BCUT2D eigenvalue weighted by molar-refractivity contribution is 0.414. The molecular weight excluding hydrogens is 144 g/mol. The molecule has 0 amide bonds. The van der Waals surface area contributed by atoms with Crippen LogP contribution < -0.4 is 0 Å². The number of hydrogen-bond acceptors (Lipinski definition) is 2. The van der Waals surface area contributed by atoms with Gasteiger partial charge in [-0.3, -0.25) is 0 Å². The van der Waals surface area contributed by atoms with Crippen LogP contribution in [0.15, 0.2) is 35.6 Å². The predicted octanol–water partition coefficient (Wildman–Crippen LogP) is 2.29. The van der Waals surface area contributed by atoms with E-state index in [1.807, 2.05) is 30.6 Å². The third-order valence-corrected chi connectivity index (χ3v) is 1.84. The molecular formula is C8H10OS. The van der Waals surface area contributed by atoms with Crippen molar-refractivity contribution in [3.8, 4) is 0 Å². The molecule has 1 rings (SSSR count). The van der Waals surface area contributed by atoms with Crippen molar-refractivity contribution in [2.75, 3.05) is 12.0 Å². The molecule has 0 atom stereocenters. The number of aliphatic hydroxyl groups is 1. The van der Waals surface area contributed by atoms with E-state index in [1.165, 1.54) is 0 Å². The van der Waals surface area contributed by atoms with Crippen LogP contribution in [0.25, 0.3) is 0 Å². The molecule has 1 nitrogen and oxygen atoms in total. The van der Waals surface area contributed by atoms with Gasteiger partial charge in [0.05, 0.1) is 5.75 Å². The maximum absolute atomic E-state index is 9.31. The molecule has 0 aromatic heterocycles. The zero-order valence-electron chi connectivity index (χ0n) is 5.87. The second kappa shape index (κ2) is 3.52. The Hall–Kier alpha value is -0.630. The third kappa shape index (κ3) is 1.67. The van der Waals surface area contributed by atoms with Crippen LogP contribution in [0.3, 0.4) is 0 Å². The van der Waals surface area contributed by atoms with Crippen molar-refractivity contribution in [2.24, 2.45) is 0 Å². The first-order chi connectivity index (χ1) is 4.84. The Morgan fingerprint density at radius 2 is 2.10 bits per heavy atom. The molecule has 0 saturated carbocycles. The first-order valence-electron chi connectivity index (χ1n) is 3.10. The first kappa shape index (κ1) is 7.48. The normalized spacial score (nSPS) is 14.7. The Kier molecular flexibility index (Phi) is 2.63. The van der Waals surface area contributed by atoms with E-state index < -0.39 is 0 Å². The van der Waals surface area contributed by atoms with Gasteiger partial charge in [-0.1, -0.05) is 24.3 Å². The van der Waals surface area contributed by atoms with Gasteiger partial charge < -0.3 is 5.11 Å². The van der Waals surface area contributed by atoms with E-state index in [2.05, 4.69) is 0 Å². The van der Waals surface area contributed by atoms with Crippen molar-refractivity contribution in [3.05, 3.63) is 35.6 Å². The monoisotopic (exact) mass is 154 g/mol. The Bertz CT molecular complexity index is 187. The summed E-state index contributed by atoms with van der Waals surface area (Å²) >= 11 is 1.62. The van der Waals surface area contributed by atoms with Crippen LogP contribution in [0.1, 0.15) is 0 Å². The van der Waals surface area contributed by atoms with E-state index in [4.69, 9.17) is 0 Å². The molecule has 0 bridgehead atoms. The molecule has 1 aliphatic carbocycles. The van der Waals surface area contributed by atoms with E-state index in [9.17, 15) is 5.11 Å². The van der Waals surface area contributed by atoms with Gasteiger partial charge in [0.2, 0.25) is 0 Å². The van der Waals surface area contributed by atoms with Gasteiger partial charge in [0, 0.05) is 5.57 Å². The maximum atomic E-state index is 9.31. The van der Waals surface area contributed by atoms with Crippen molar-refractivity contribution in [1.82, 2.24) is 0 Å². The van der Waals surface area contributed by atoms with Gasteiger partial charge in [-0.15, -0.1) is 0 Å². The van der Waals surface area contributed by atoms with Crippen LogP contribution in [0.5, 0.6) is 0 Å². The summed E-state index contributed by atoms with van der Waals surface area (Å²) in [6, 6.07) is 0. The fourth-order valence-corrected chi connectivity index (χ4v) is 1.23. The average Bonchev–Trinajstić information content (AvgIpc) is 2.38. The fraction of sp³-hybridized carbons (Fsp3) is 0.250. The minimum atomic E-state index is 0.470. The summed E-state index contributed by atoms with van der Waals surface area (Å²) in [5.41, 5.74) is 0.939. The topological polar surface area (TPSA) is 20.2 Å². The van der Waals surface area contributed by atoms with Gasteiger partial charge in [-0.05, 0) is 6.26 Å². The van der Waals surface area contributed by atoms with Crippen molar-refractivity contribution in [3.63, 3.8) is 0 Å². The largest absolute Gasteiger partial charge is 0.511 e. The number of thioether (sulfide) groups is 1. The molecule has 0 aromatic rings. The summed E-state index contributed by atoms with van der Waals surface area (Å²) in [5.74, 6) is 1.17. The molecule has 0 spiro atoms. The van der Waals surface area contributed by atoms with Crippen molar-refractivity contribution < 1.29 is 5.11 Å². The third-order valence-electron chi connectivity index (χ3n) is 1.28. The number of allylic oxidation sites excluding steroid dienone is 5. The van der Waals surface area contributed by atoms with Crippen molar-refractivity contribution in [1.29, 1.82) is 0 Å². The lowest BCUT2D eigenvalue weighted by Crippen LogP contribution is -1.87. The standard InChI is InChI=1S/C8H10OS/c1-10-6-8(9)7-4-2-3-5-7/h2-5,9H,6H2,1H3. The quantitative estimate of drug-likeness (QED) is 0.616. The number of rotatable bonds is 2. The van der Waals surface area contributed by atoms with Crippen LogP contribution in [-0.2, 0) is 0 Å². The van der Waals surface area contributed by atoms with Gasteiger partial charge >= 0.3 is 0 Å². The summed E-state index contributed by atoms with van der Waals surface area (Å²) in [7, 11) is 0. The lowest BCUT2D eigenvalue weighted by atomic mass is 10.2. The minimum Gasteiger partial charge on any atom is -0.511 e. The molecule has 10 heavy (non-hydrogen) atoms. The number of hydrogen-bond donors (Lipinski definition) is 1. The van der Waals surface area contributed by atoms with Gasteiger partial charge in [0.15, 0.2) is 0 Å². The van der Waals surface area contributed by atoms with E-state index in [0.717, 1.165) is 5.57 Å². The highest BCUT2D eigenvalue weighted by atomic mass is 32.2. The molecule has 54 valence electrons. The van der Waals surface area contributed by atoms with E-state index in [-0.39, 0.29) is 0 Å². The molecule has 0 radical (unpaired) electrons. The smallest absolute Gasteiger partial charge is 0.109 e. The maximum Gasteiger partial charge on any atom is 0.109 e. The van der Waals surface area contributed by atoms with Gasteiger partial charge in [-0.2, -0.15) is 11.8 Å². The summed E-state index contributed by atoms with van der Waals surface area (Å²) < 4.78 is 0. The van der Waals surface area contributed by atoms with Crippen molar-refractivity contribution >= 4 is 11.8 Å². The SMILES string of the molecule is CSCC(O)=C1C=CC=C1. The van der Waals surface area contributed by atoms with Crippen LogP contribution in [-0.4, -0.2) is 17.1 Å². The molecule has 2 heteroatoms. The molecule has 0 aliphatic heterocycles. The zero-order valence-corrected chi connectivity index (χ0v) is 6.69. The van der Waals surface area contributed by atoms with Gasteiger partial charge in [-0.25, -0.2) is 0 Å². The van der Waals surface area contributed by atoms with Crippen molar-refractivity contribution in [2.45, 2.75) is 0 Å². The summed E-state index contributed by atoms with van der Waals surface area (Å²) in [4.78, 5) is 0. The average molecular weight is 154 g/mol. The molecule has 0 unspecified atom stereocenters. The highest BCUT2D eigenvalue weighted by Gasteiger charge is 1.99. The Morgan fingerprint density at radius 1 is 1.50 bits per heavy atom. The highest BCUT2D eigenvalue weighted by molar-refractivity contribution is 7.98. The molecule has 0 fully saturated rings. The first-order valence-corrected chi connectivity index (χ1v) is 4.50. The lowest BCUT2D eigenvalue weighted by Gasteiger charge is -1.97. The summed E-state index contributed by atoms with van der Waals surface area (Å²) in [6.45, 7) is 0. The second-order valence-corrected chi connectivity index (χ2v) is 2.92. The summed E-state index contributed by atoms with van der Waals surface area (Å²) in [5, 5.41) is 9.31. The fourth-order valence-electron chi connectivity index (χ4n) is 0.786. The number of aliphatic hydroxyl groups excluding tert-OH is 1. The van der Waals surface area contributed by atoms with Gasteiger partial charge in [0.25, 0.3) is 0 Å². The minimum absolute atomic E-state index is 0.470. The molecule has 1 N–H and O–H groups in total. The Balaban J connectivity index is 2.65. The van der Waals surface area contributed by atoms with Crippen LogP contribution >= 0.6 is 11.8 Å². The van der Waals surface area contributed by atoms with E-state index in [0.29, 0.717) is 11.5 Å². The molecule has 0 heterocycles. The highest BCUT2D eigenvalue weighted by Crippen LogP contribution is 2.13. The molecule has 0 saturated heterocycles. The Labute approximate surface area is 65.1 Å². The molecule has 0 aromatic carbocycles. The van der Waals surface area contributed by atoms with Crippen LogP contribution in [0.2, 0.25) is 0 Å².